The summed E-state index contributed by atoms with van der Waals surface area (Å²) in [5.74, 6) is 2.69. The second-order valence-corrected chi connectivity index (χ2v) is 11.0. The second kappa shape index (κ2) is 6.26. The Hall–Kier alpha value is 0.467. The van der Waals surface area contributed by atoms with Crippen molar-refractivity contribution < 1.29 is 4.43 Å². The van der Waals surface area contributed by atoms with Crippen molar-refractivity contribution in [3.8, 4) is 12.3 Å². The van der Waals surface area contributed by atoms with Crippen LogP contribution in [0.1, 0.15) is 33.6 Å². The first kappa shape index (κ1) is 15.5. The highest BCUT2D eigenvalue weighted by Gasteiger charge is 2.38. The quantitative estimate of drug-likeness (QED) is 0.316. The van der Waals surface area contributed by atoms with Gasteiger partial charge in [0.1, 0.15) is 0 Å². The molecule has 0 saturated carbocycles. The Morgan fingerprint density at radius 3 is 2.27 bits per heavy atom. The maximum atomic E-state index is 6.29. The molecule has 0 fully saturated rings. The standard InChI is InChI=1S/C12H23IOSi/c1-7-8-9-11(10-13)14-15(5,6)12(2,3)4/h1,11H,8-10H2,2-6H3/t11-/m1/s1. The van der Waals surface area contributed by atoms with Gasteiger partial charge >= 0.3 is 0 Å². The Kier molecular flexibility index (Phi) is 6.46. The van der Waals surface area contributed by atoms with E-state index in [1.807, 2.05) is 0 Å². The smallest absolute Gasteiger partial charge is 0.192 e. The van der Waals surface area contributed by atoms with Crippen molar-refractivity contribution in [3.05, 3.63) is 0 Å². The molecule has 0 aliphatic heterocycles. The van der Waals surface area contributed by atoms with Gasteiger partial charge in [-0.1, -0.05) is 43.4 Å². The molecule has 0 radical (unpaired) electrons. The van der Waals surface area contributed by atoms with E-state index in [9.17, 15) is 0 Å². The summed E-state index contributed by atoms with van der Waals surface area (Å²) < 4.78 is 7.32. The molecule has 0 aliphatic carbocycles. The van der Waals surface area contributed by atoms with Crippen LogP contribution >= 0.6 is 22.6 Å². The molecule has 0 aliphatic rings. The van der Waals surface area contributed by atoms with E-state index in [1.165, 1.54) is 0 Å². The molecule has 0 bridgehead atoms. The second-order valence-electron chi connectivity index (χ2n) is 5.40. The molecule has 1 nitrogen and oxygen atoms in total. The summed E-state index contributed by atoms with van der Waals surface area (Å²) in [6.07, 6.45) is 7.43. The van der Waals surface area contributed by atoms with Crippen molar-refractivity contribution in [3.63, 3.8) is 0 Å². The van der Waals surface area contributed by atoms with Gasteiger partial charge in [-0.15, -0.1) is 12.3 Å². The molecule has 0 aromatic rings. The van der Waals surface area contributed by atoms with E-state index in [0.717, 1.165) is 17.3 Å². The predicted octanol–water partition coefficient (Wildman–Crippen LogP) is 4.23. The van der Waals surface area contributed by atoms with Gasteiger partial charge < -0.3 is 4.43 Å². The van der Waals surface area contributed by atoms with Crippen LogP contribution in [0.4, 0.5) is 0 Å². The highest BCUT2D eigenvalue weighted by molar-refractivity contribution is 14.1. The Morgan fingerprint density at radius 2 is 1.93 bits per heavy atom. The van der Waals surface area contributed by atoms with E-state index in [1.54, 1.807) is 0 Å². The zero-order chi connectivity index (χ0) is 12.1. The molecule has 88 valence electrons. The Labute approximate surface area is 110 Å². The van der Waals surface area contributed by atoms with E-state index in [-0.39, 0.29) is 5.04 Å². The maximum absolute atomic E-state index is 6.29. The van der Waals surface area contributed by atoms with Crippen LogP contribution in [0, 0.1) is 12.3 Å². The van der Waals surface area contributed by atoms with Crippen LogP contribution in [0.2, 0.25) is 18.1 Å². The fourth-order valence-corrected chi connectivity index (χ4v) is 3.35. The molecule has 0 heterocycles. The average molecular weight is 338 g/mol. The lowest BCUT2D eigenvalue weighted by Gasteiger charge is -2.39. The zero-order valence-electron chi connectivity index (χ0n) is 10.6. The summed E-state index contributed by atoms with van der Waals surface area (Å²) in [4.78, 5) is 0. The van der Waals surface area contributed by atoms with E-state index >= 15 is 0 Å². The van der Waals surface area contributed by atoms with Crippen molar-refractivity contribution in [1.29, 1.82) is 0 Å². The highest BCUT2D eigenvalue weighted by Crippen LogP contribution is 2.37. The molecule has 1 atom stereocenters. The van der Waals surface area contributed by atoms with E-state index in [4.69, 9.17) is 10.8 Å². The van der Waals surface area contributed by atoms with E-state index in [2.05, 4.69) is 62.4 Å². The predicted molar refractivity (Wildman–Crippen MR) is 79.0 cm³/mol. The third kappa shape index (κ3) is 5.37. The zero-order valence-corrected chi connectivity index (χ0v) is 13.7. The first-order chi connectivity index (χ1) is 6.74. The number of alkyl halides is 1. The lowest BCUT2D eigenvalue weighted by atomic mass is 10.2. The van der Waals surface area contributed by atoms with Crippen LogP contribution in [0.25, 0.3) is 0 Å². The van der Waals surface area contributed by atoms with Crippen LogP contribution in [0.5, 0.6) is 0 Å². The molecule has 0 amide bonds. The summed E-state index contributed by atoms with van der Waals surface area (Å²) in [5.41, 5.74) is 0. The SMILES string of the molecule is C#CCC[C@H](CI)O[Si](C)(C)C(C)(C)C. The normalized spacial score (nSPS) is 14.7. The summed E-state index contributed by atoms with van der Waals surface area (Å²) in [6, 6.07) is 0. The molecule has 0 spiro atoms. The van der Waals surface area contributed by atoms with Crippen LogP contribution in [-0.2, 0) is 4.43 Å². The van der Waals surface area contributed by atoms with Crippen molar-refractivity contribution in [2.24, 2.45) is 0 Å². The number of hydrogen-bond acceptors (Lipinski definition) is 1. The third-order valence-electron chi connectivity index (χ3n) is 3.05. The number of halogens is 1. The summed E-state index contributed by atoms with van der Waals surface area (Å²) in [6.45, 7) is 11.4. The lowest BCUT2D eigenvalue weighted by molar-refractivity contribution is 0.198. The fraction of sp³-hybridized carbons (Fsp3) is 0.833. The van der Waals surface area contributed by atoms with Crippen molar-refractivity contribution in [2.45, 2.75) is 57.8 Å². The number of terminal acetylenes is 1. The molecule has 0 unspecified atom stereocenters. The summed E-state index contributed by atoms with van der Waals surface area (Å²) in [5, 5.41) is 0.285. The topological polar surface area (TPSA) is 9.23 Å². The summed E-state index contributed by atoms with van der Waals surface area (Å²) >= 11 is 2.39. The minimum absolute atomic E-state index is 0.285. The third-order valence-corrected chi connectivity index (χ3v) is 8.57. The van der Waals surface area contributed by atoms with Crippen molar-refractivity contribution in [2.75, 3.05) is 4.43 Å². The van der Waals surface area contributed by atoms with Gasteiger partial charge in [0.25, 0.3) is 0 Å². The fourth-order valence-electron chi connectivity index (χ4n) is 1.01. The van der Waals surface area contributed by atoms with E-state index in [0.29, 0.717) is 6.10 Å². The Morgan fingerprint density at radius 1 is 1.40 bits per heavy atom. The first-order valence-electron chi connectivity index (χ1n) is 5.42. The van der Waals surface area contributed by atoms with Gasteiger partial charge in [-0.05, 0) is 24.6 Å². The van der Waals surface area contributed by atoms with Gasteiger partial charge in [-0.2, -0.15) is 0 Å². The molecule has 0 N–H and O–H groups in total. The molecule has 3 heteroatoms. The minimum atomic E-state index is -1.61. The van der Waals surface area contributed by atoms with Gasteiger partial charge in [-0.25, -0.2) is 0 Å². The molecular weight excluding hydrogens is 315 g/mol. The van der Waals surface area contributed by atoms with E-state index < -0.39 is 8.32 Å². The summed E-state index contributed by atoms with van der Waals surface area (Å²) in [7, 11) is -1.61. The van der Waals surface area contributed by atoms with Crippen LogP contribution < -0.4 is 0 Å². The number of rotatable bonds is 5. The lowest BCUT2D eigenvalue weighted by Crippen LogP contribution is -2.44. The van der Waals surface area contributed by atoms with Crippen LogP contribution in [0.15, 0.2) is 0 Å². The Bertz CT molecular complexity index is 225. The molecule has 0 rings (SSSR count). The van der Waals surface area contributed by atoms with Gasteiger partial charge in [0.05, 0.1) is 6.10 Å². The highest BCUT2D eigenvalue weighted by atomic mass is 127. The minimum Gasteiger partial charge on any atom is -0.413 e. The molecule has 0 saturated heterocycles. The Balaban J connectivity index is 4.35. The molecule has 0 aromatic carbocycles. The van der Waals surface area contributed by atoms with Gasteiger partial charge in [0, 0.05) is 10.8 Å². The average Bonchev–Trinajstić information content (AvgIpc) is 2.10. The van der Waals surface area contributed by atoms with Crippen molar-refractivity contribution >= 4 is 30.9 Å². The molecule has 0 aromatic heterocycles. The van der Waals surface area contributed by atoms with Crippen LogP contribution in [0.3, 0.4) is 0 Å². The monoisotopic (exact) mass is 338 g/mol. The molecule has 15 heavy (non-hydrogen) atoms. The van der Waals surface area contributed by atoms with Crippen molar-refractivity contribution in [1.82, 2.24) is 0 Å². The van der Waals surface area contributed by atoms with Crippen LogP contribution in [-0.4, -0.2) is 18.8 Å². The largest absolute Gasteiger partial charge is 0.413 e. The number of hydrogen-bond donors (Lipinski definition) is 0. The van der Waals surface area contributed by atoms with Gasteiger partial charge in [0.15, 0.2) is 8.32 Å². The maximum Gasteiger partial charge on any atom is 0.192 e. The molecular formula is C12H23IOSi. The first-order valence-corrected chi connectivity index (χ1v) is 9.85. The van der Waals surface area contributed by atoms with Gasteiger partial charge in [0.2, 0.25) is 0 Å². The van der Waals surface area contributed by atoms with Gasteiger partial charge in [-0.3, -0.25) is 0 Å².